The van der Waals surface area contributed by atoms with Gasteiger partial charge >= 0.3 is 0 Å². The molecule has 0 saturated heterocycles. The number of benzene rings is 1. The molecule has 0 unspecified atom stereocenters. The summed E-state index contributed by atoms with van der Waals surface area (Å²) in [5.74, 6) is 0.327. The number of hydrogen-bond acceptors (Lipinski definition) is 3. The predicted molar refractivity (Wildman–Crippen MR) is 78.0 cm³/mol. The largest absolute Gasteiger partial charge is 0.484 e. The van der Waals surface area contributed by atoms with E-state index in [2.05, 4.69) is 5.32 Å². The zero-order valence-electron chi connectivity index (χ0n) is 11.4. The van der Waals surface area contributed by atoms with Crippen molar-refractivity contribution >= 4 is 17.5 Å². The van der Waals surface area contributed by atoms with Gasteiger partial charge in [-0.3, -0.25) is 4.79 Å². The van der Waals surface area contributed by atoms with Crippen molar-refractivity contribution in [2.45, 2.75) is 37.7 Å². The second kappa shape index (κ2) is 6.95. The summed E-state index contributed by atoms with van der Waals surface area (Å²) in [6.07, 6.45) is 4.70. The van der Waals surface area contributed by atoms with Gasteiger partial charge in [0.15, 0.2) is 6.61 Å². The highest BCUT2D eigenvalue weighted by Crippen LogP contribution is 2.27. The zero-order chi connectivity index (χ0) is 14.4. The molecule has 0 heterocycles. The summed E-state index contributed by atoms with van der Waals surface area (Å²) in [4.78, 5) is 11.7. The molecule has 1 aromatic carbocycles. The molecule has 2 rings (SSSR count). The lowest BCUT2D eigenvalue weighted by Gasteiger charge is -2.32. The first-order valence-corrected chi connectivity index (χ1v) is 7.33. The topological polar surface area (TPSA) is 58.6 Å². The van der Waals surface area contributed by atoms with Gasteiger partial charge in [-0.2, -0.15) is 0 Å². The highest BCUT2D eigenvalue weighted by Gasteiger charge is 2.29. The fourth-order valence-corrected chi connectivity index (χ4v) is 2.59. The Hall–Kier alpha value is -1.26. The lowest BCUT2D eigenvalue weighted by atomic mass is 9.85. The molecule has 5 heteroatoms. The lowest BCUT2D eigenvalue weighted by molar-refractivity contribution is -0.124. The van der Waals surface area contributed by atoms with Crippen molar-refractivity contribution in [2.75, 3.05) is 13.2 Å². The molecular weight excluding hydrogens is 278 g/mol. The van der Waals surface area contributed by atoms with E-state index in [-0.39, 0.29) is 12.5 Å². The molecule has 1 amide bonds. The minimum absolute atomic E-state index is 0.0730. The Kier molecular flexibility index (Phi) is 5.26. The average Bonchev–Trinajstić information content (AvgIpc) is 2.44. The van der Waals surface area contributed by atoms with Crippen LogP contribution in [0, 0.1) is 0 Å². The third-order valence-corrected chi connectivity index (χ3v) is 3.80. The molecule has 0 aliphatic heterocycles. The third kappa shape index (κ3) is 4.69. The monoisotopic (exact) mass is 297 g/mol. The number of carbonyl (C=O) groups is 1. The Balaban J connectivity index is 1.72. The molecule has 0 atom stereocenters. The molecule has 1 aliphatic rings. The summed E-state index contributed by atoms with van der Waals surface area (Å²) >= 11 is 5.83. The minimum atomic E-state index is -0.746. The summed E-state index contributed by atoms with van der Waals surface area (Å²) in [5.41, 5.74) is -0.746. The van der Waals surface area contributed by atoms with Gasteiger partial charge < -0.3 is 15.2 Å². The number of rotatable bonds is 5. The van der Waals surface area contributed by atoms with Crippen LogP contribution in [0.15, 0.2) is 24.3 Å². The molecular formula is C15H20ClNO3. The maximum absolute atomic E-state index is 11.7. The Morgan fingerprint density at radius 1 is 1.35 bits per heavy atom. The molecule has 1 aliphatic carbocycles. The first-order valence-electron chi connectivity index (χ1n) is 6.95. The van der Waals surface area contributed by atoms with Crippen molar-refractivity contribution in [1.82, 2.24) is 5.32 Å². The first kappa shape index (κ1) is 15.1. The maximum Gasteiger partial charge on any atom is 0.258 e. The van der Waals surface area contributed by atoms with E-state index in [1.165, 1.54) is 0 Å². The fraction of sp³-hybridized carbons (Fsp3) is 0.533. The van der Waals surface area contributed by atoms with E-state index in [0.717, 1.165) is 32.1 Å². The first-order chi connectivity index (χ1) is 9.57. The van der Waals surface area contributed by atoms with E-state index in [0.29, 0.717) is 17.3 Å². The summed E-state index contributed by atoms with van der Waals surface area (Å²) in [5, 5.41) is 13.6. The van der Waals surface area contributed by atoms with Crippen LogP contribution in [0.25, 0.3) is 0 Å². The second-order valence-electron chi connectivity index (χ2n) is 5.31. The summed E-state index contributed by atoms with van der Waals surface area (Å²) in [6.45, 7) is 0.223. The molecule has 1 saturated carbocycles. The summed E-state index contributed by atoms with van der Waals surface area (Å²) < 4.78 is 5.34. The second-order valence-corrected chi connectivity index (χ2v) is 5.74. The van der Waals surface area contributed by atoms with Crippen molar-refractivity contribution in [3.8, 4) is 5.75 Å². The van der Waals surface area contributed by atoms with E-state index >= 15 is 0 Å². The van der Waals surface area contributed by atoms with E-state index in [1.807, 2.05) is 0 Å². The Morgan fingerprint density at radius 3 is 2.80 bits per heavy atom. The number of aliphatic hydroxyl groups is 1. The lowest BCUT2D eigenvalue weighted by Crippen LogP contribution is -2.45. The number of hydrogen-bond donors (Lipinski definition) is 2. The van der Waals surface area contributed by atoms with E-state index in [1.54, 1.807) is 24.3 Å². The van der Waals surface area contributed by atoms with Crippen LogP contribution < -0.4 is 10.1 Å². The zero-order valence-corrected chi connectivity index (χ0v) is 12.2. The minimum Gasteiger partial charge on any atom is -0.484 e. The molecule has 4 nitrogen and oxygen atoms in total. The van der Waals surface area contributed by atoms with Crippen LogP contribution in [0.1, 0.15) is 32.1 Å². The van der Waals surface area contributed by atoms with E-state index in [9.17, 15) is 9.90 Å². The molecule has 20 heavy (non-hydrogen) atoms. The van der Waals surface area contributed by atoms with Gasteiger partial charge in [-0.25, -0.2) is 0 Å². The highest BCUT2D eigenvalue weighted by atomic mass is 35.5. The molecule has 1 aromatic rings. The molecule has 0 bridgehead atoms. The average molecular weight is 298 g/mol. The Morgan fingerprint density at radius 2 is 2.10 bits per heavy atom. The maximum atomic E-state index is 11.7. The van der Waals surface area contributed by atoms with Crippen LogP contribution in [0.4, 0.5) is 0 Å². The number of ether oxygens (including phenoxy) is 1. The van der Waals surface area contributed by atoms with Crippen LogP contribution in [0.5, 0.6) is 5.75 Å². The molecule has 1 fully saturated rings. The molecule has 0 radical (unpaired) electrons. The predicted octanol–water partition coefficient (Wildman–Crippen LogP) is 2.53. The number of amides is 1. The van der Waals surface area contributed by atoms with E-state index in [4.69, 9.17) is 16.3 Å². The van der Waals surface area contributed by atoms with Crippen molar-refractivity contribution in [2.24, 2.45) is 0 Å². The van der Waals surface area contributed by atoms with Gasteiger partial charge in [0.1, 0.15) is 5.75 Å². The Labute approximate surface area is 124 Å². The van der Waals surface area contributed by atoms with Crippen LogP contribution in [-0.2, 0) is 4.79 Å². The van der Waals surface area contributed by atoms with Gasteiger partial charge in [0.05, 0.1) is 5.60 Å². The van der Waals surface area contributed by atoms with Crippen molar-refractivity contribution in [3.05, 3.63) is 29.3 Å². The Bertz CT molecular complexity index is 458. The summed E-state index contributed by atoms with van der Waals surface area (Å²) in [6, 6.07) is 6.91. The van der Waals surface area contributed by atoms with Crippen LogP contribution in [0.2, 0.25) is 5.02 Å². The van der Waals surface area contributed by atoms with Crippen molar-refractivity contribution in [1.29, 1.82) is 0 Å². The SMILES string of the molecule is O=C(COc1cccc(Cl)c1)NCC1(O)CCCCC1. The molecule has 2 N–H and O–H groups in total. The normalized spacial score (nSPS) is 17.5. The van der Waals surface area contributed by atoms with Crippen LogP contribution in [-0.4, -0.2) is 29.8 Å². The van der Waals surface area contributed by atoms with Gasteiger partial charge in [-0.05, 0) is 31.0 Å². The summed E-state index contributed by atoms with van der Waals surface area (Å²) in [7, 11) is 0. The van der Waals surface area contributed by atoms with Crippen LogP contribution in [0.3, 0.4) is 0 Å². The molecule has 0 spiro atoms. The third-order valence-electron chi connectivity index (χ3n) is 3.56. The van der Waals surface area contributed by atoms with Crippen molar-refractivity contribution < 1.29 is 14.6 Å². The standard InChI is InChI=1S/C15H20ClNO3/c16-12-5-4-6-13(9-12)20-10-14(18)17-11-15(19)7-2-1-3-8-15/h4-6,9,19H,1-3,7-8,10-11H2,(H,17,18). The smallest absolute Gasteiger partial charge is 0.258 e. The van der Waals surface area contributed by atoms with Crippen LogP contribution >= 0.6 is 11.6 Å². The highest BCUT2D eigenvalue weighted by molar-refractivity contribution is 6.30. The number of nitrogens with one attached hydrogen (secondary N) is 1. The van der Waals surface area contributed by atoms with Crippen molar-refractivity contribution in [3.63, 3.8) is 0 Å². The van der Waals surface area contributed by atoms with E-state index < -0.39 is 5.60 Å². The fourth-order valence-electron chi connectivity index (χ4n) is 2.41. The van der Waals surface area contributed by atoms with Gasteiger partial charge in [0.25, 0.3) is 5.91 Å². The quantitative estimate of drug-likeness (QED) is 0.878. The molecule has 110 valence electrons. The van der Waals surface area contributed by atoms with Gasteiger partial charge in [0, 0.05) is 11.6 Å². The molecule has 0 aromatic heterocycles. The van der Waals surface area contributed by atoms with Gasteiger partial charge in [-0.1, -0.05) is 36.9 Å². The van der Waals surface area contributed by atoms with Gasteiger partial charge in [0.2, 0.25) is 0 Å². The number of carbonyl (C=O) groups excluding carboxylic acids is 1. The van der Waals surface area contributed by atoms with Gasteiger partial charge in [-0.15, -0.1) is 0 Å². The number of halogens is 1.